The molecule has 4 N–H and O–H groups in total. The molecule has 5 atom stereocenters. The fourth-order valence-electron chi connectivity index (χ4n) is 3.77. The van der Waals surface area contributed by atoms with E-state index in [4.69, 9.17) is 5.11 Å². The average Bonchev–Trinajstić information content (AvgIpc) is 2.94. The number of allylic oxidation sites excluding steroid dienone is 2. The van der Waals surface area contributed by atoms with Gasteiger partial charge in [-0.1, -0.05) is 52.4 Å². The van der Waals surface area contributed by atoms with Gasteiger partial charge in [0, 0.05) is 23.2 Å². The molecule has 2 rings (SSSR count). The molecule has 1 aliphatic carbocycles. The Balaban J connectivity index is 1.82. The molecular weight excluding hydrogens is 436 g/mol. The third kappa shape index (κ3) is 8.42. The number of carboxylic acids is 1. The van der Waals surface area contributed by atoms with Crippen LogP contribution >= 0.6 is 15.9 Å². The maximum atomic E-state index is 10.5. The van der Waals surface area contributed by atoms with E-state index in [2.05, 4.69) is 15.9 Å². The van der Waals surface area contributed by atoms with Crippen molar-refractivity contribution in [2.75, 3.05) is 0 Å². The molecule has 0 spiro atoms. The average molecular weight is 467 g/mol. The molecule has 6 heteroatoms. The lowest BCUT2D eigenvalue weighted by Crippen LogP contribution is -2.20. The number of benzene rings is 1. The van der Waals surface area contributed by atoms with Crippen molar-refractivity contribution in [2.24, 2.45) is 11.8 Å². The lowest BCUT2D eigenvalue weighted by Gasteiger charge is -2.19. The molecule has 1 fully saturated rings. The number of hydrogen-bond donors (Lipinski definition) is 4. The Hall–Kier alpha value is -1.47. The third-order valence-electron chi connectivity index (χ3n) is 5.45. The first-order chi connectivity index (χ1) is 13.9. The van der Waals surface area contributed by atoms with Crippen LogP contribution < -0.4 is 0 Å². The SMILES string of the molecule is O=C(O)CCC/C=C\C[C@@H]1[C@@H](/C=C/[C@@H](O)CCc2ccc(Br)cc2)[C@H](O)C[C@@H]1O. The van der Waals surface area contributed by atoms with E-state index >= 15 is 0 Å². The summed E-state index contributed by atoms with van der Waals surface area (Å²) in [5, 5.41) is 39.5. The minimum absolute atomic E-state index is 0.101. The minimum atomic E-state index is -0.795. The molecule has 1 saturated carbocycles. The smallest absolute Gasteiger partial charge is 0.303 e. The molecule has 1 aliphatic rings. The molecule has 0 amide bonds. The summed E-state index contributed by atoms with van der Waals surface area (Å²) in [6.07, 6.45) is 9.41. The Morgan fingerprint density at radius 2 is 1.90 bits per heavy atom. The second-order valence-corrected chi connectivity index (χ2v) is 8.64. The molecule has 1 aromatic carbocycles. The third-order valence-corrected chi connectivity index (χ3v) is 5.98. The Labute approximate surface area is 180 Å². The van der Waals surface area contributed by atoms with Crippen LogP contribution in [0.5, 0.6) is 0 Å². The van der Waals surface area contributed by atoms with E-state index in [1.165, 1.54) is 0 Å². The number of aryl methyl sites for hydroxylation is 1. The fraction of sp³-hybridized carbons (Fsp3) is 0.522. The van der Waals surface area contributed by atoms with E-state index in [9.17, 15) is 20.1 Å². The summed E-state index contributed by atoms with van der Waals surface area (Å²) in [7, 11) is 0. The minimum Gasteiger partial charge on any atom is -0.481 e. The molecule has 0 aromatic heterocycles. The number of carbonyl (C=O) groups is 1. The molecule has 0 heterocycles. The summed E-state index contributed by atoms with van der Waals surface area (Å²) in [6.45, 7) is 0. The fourth-order valence-corrected chi connectivity index (χ4v) is 4.03. The summed E-state index contributed by atoms with van der Waals surface area (Å²) in [5.41, 5.74) is 1.16. The van der Waals surface area contributed by atoms with Crippen LogP contribution in [0.1, 0.15) is 44.1 Å². The standard InChI is InChI=1S/C23H31BrO5/c24-17-10-7-16(8-11-17)9-12-18(25)13-14-20-19(21(26)15-22(20)27)5-3-1-2-4-6-23(28)29/h1,3,7-8,10-11,13-14,18-22,25-27H,2,4-6,9,12,15H2,(H,28,29)/b3-1-,14-13+/t18-,19+,20+,21-,22+/m0/s1. The second kappa shape index (κ2) is 12.3. The lowest BCUT2D eigenvalue weighted by atomic mass is 9.89. The van der Waals surface area contributed by atoms with Gasteiger partial charge in [0.15, 0.2) is 0 Å². The van der Waals surface area contributed by atoms with Gasteiger partial charge in [0.2, 0.25) is 0 Å². The van der Waals surface area contributed by atoms with Gasteiger partial charge in [-0.05, 0) is 55.7 Å². The number of hydrogen-bond acceptors (Lipinski definition) is 4. The number of unbranched alkanes of at least 4 members (excludes halogenated alkanes) is 1. The van der Waals surface area contributed by atoms with Crippen molar-refractivity contribution in [1.82, 2.24) is 0 Å². The van der Waals surface area contributed by atoms with Gasteiger partial charge in [0.25, 0.3) is 0 Å². The Bertz CT molecular complexity index is 685. The molecule has 0 saturated heterocycles. The van der Waals surface area contributed by atoms with Crippen molar-refractivity contribution in [3.8, 4) is 0 Å². The van der Waals surface area contributed by atoms with Crippen LogP contribution in [0, 0.1) is 11.8 Å². The highest BCUT2D eigenvalue weighted by atomic mass is 79.9. The highest BCUT2D eigenvalue weighted by Crippen LogP contribution is 2.36. The second-order valence-electron chi connectivity index (χ2n) is 7.72. The monoisotopic (exact) mass is 466 g/mol. The van der Waals surface area contributed by atoms with Crippen LogP contribution in [-0.2, 0) is 11.2 Å². The van der Waals surface area contributed by atoms with Crippen LogP contribution in [-0.4, -0.2) is 44.7 Å². The molecule has 29 heavy (non-hydrogen) atoms. The summed E-state index contributed by atoms with van der Waals surface area (Å²) >= 11 is 3.41. The molecular formula is C23H31BrO5. The van der Waals surface area contributed by atoms with E-state index in [0.29, 0.717) is 32.1 Å². The Morgan fingerprint density at radius 3 is 2.59 bits per heavy atom. The number of carboxylic acid groups (broad SMARTS) is 1. The van der Waals surface area contributed by atoms with Crippen molar-refractivity contribution >= 4 is 21.9 Å². The first-order valence-corrected chi connectivity index (χ1v) is 11.0. The van der Waals surface area contributed by atoms with Crippen LogP contribution in [0.4, 0.5) is 0 Å². The zero-order chi connectivity index (χ0) is 21.2. The van der Waals surface area contributed by atoms with E-state index in [0.717, 1.165) is 16.5 Å². The molecule has 0 unspecified atom stereocenters. The van der Waals surface area contributed by atoms with E-state index in [1.54, 1.807) is 6.08 Å². The van der Waals surface area contributed by atoms with Crippen molar-refractivity contribution in [1.29, 1.82) is 0 Å². The van der Waals surface area contributed by atoms with Crippen LogP contribution in [0.2, 0.25) is 0 Å². The van der Waals surface area contributed by atoms with Crippen LogP contribution in [0.15, 0.2) is 53.0 Å². The quantitative estimate of drug-likeness (QED) is 0.293. The first kappa shape index (κ1) is 23.8. The van der Waals surface area contributed by atoms with Gasteiger partial charge in [-0.3, -0.25) is 4.79 Å². The summed E-state index contributed by atoms with van der Waals surface area (Å²) < 4.78 is 1.03. The molecule has 0 aliphatic heterocycles. The lowest BCUT2D eigenvalue weighted by molar-refractivity contribution is -0.137. The molecule has 1 aromatic rings. The number of halogens is 1. The maximum absolute atomic E-state index is 10.5. The van der Waals surface area contributed by atoms with Crippen molar-refractivity contribution in [3.63, 3.8) is 0 Å². The van der Waals surface area contributed by atoms with Gasteiger partial charge in [0.1, 0.15) is 0 Å². The van der Waals surface area contributed by atoms with Crippen LogP contribution in [0.25, 0.3) is 0 Å². The molecule has 160 valence electrons. The topological polar surface area (TPSA) is 98.0 Å². The van der Waals surface area contributed by atoms with E-state index in [-0.39, 0.29) is 18.3 Å². The van der Waals surface area contributed by atoms with Crippen molar-refractivity contribution < 1.29 is 25.2 Å². The molecule has 0 radical (unpaired) electrons. The van der Waals surface area contributed by atoms with Gasteiger partial charge >= 0.3 is 5.97 Å². The predicted octanol–water partition coefficient (Wildman–Crippen LogP) is 3.86. The zero-order valence-corrected chi connectivity index (χ0v) is 18.1. The van der Waals surface area contributed by atoms with Gasteiger partial charge in [-0.25, -0.2) is 0 Å². The maximum Gasteiger partial charge on any atom is 0.303 e. The number of rotatable bonds is 11. The van der Waals surface area contributed by atoms with Gasteiger partial charge < -0.3 is 20.4 Å². The van der Waals surface area contributed by atoms with Gasteiger partial charge in [-0.2, -0.15) is 0 Å². The first-order valence-electron chi connectivity index (χ1n) is 10.2. The van der Waals surface area contributed by atoms with Gasteiger partial charge in [-0.15, -0.1) is 0 Å². The highest BCUT2D eigenvalue weighted by molar-refractivity contribution is 9.10. The summed E-state index contributed by atoms with van der Waals surface area (Å²) in [5.74, 6) is -1.09. The van der Waals surface area contributed by atoms with Crippen molar-refractivity contribution in [3.05, 3.63) is 58.6 Å². The largest absolute Gasteiger partial charge is 0.481 e. The van der Waals surface area contributed by atoms with Crippen LogP contribution in [0.3, 0.4) is 0 Å². The zero-order valence-electron chi connectivity index (χ0n) is 16.5. The number of aliphatic carboxylic acids is 1. The molecule has 0 bridgehead atoms. The highest BCUT2D eigenvalue weighted by Gasteiger charge is 2.39. The van der Waals surface area contributed by atoms with E-state index < -0.39 is 24.3 Å². The van der Waals surface area contributed by atoms with Gasteiger partial charge in [0.05, 0.1) is 18.3 Å². The Kier molecular flexibility index (Phi) is 10.1. The normalized spacial score (nSPS) is 25.8. The van der Waals surface area contributed by atoms with E-state index in [1.807, 2.05) is 42.5 Å². The number of aliphatic hydroxyl groups excluding tert-OH is 3. The predicted molar refractivity (Wildman–Crippen MR) is 116 cm³/mol. The number of aliphatic hydroxyl groups is 3. The Morgan fingerprint density at radius 1 is 1.17 bits per heavy atom. The van der Waals surface area contributed by atoms with Crippen molar-refractivity contribution in [2.45, 2.75) is 63.3 Å². The summed E-state index contributed by atoms with van der Waals surface area (Å²) in [4.78, 5) is 10.5. The molecule has 5 nitrogen and oxygen atoms in total. The summed E-state index contributed by atoms with van der Waals surface area (Å²) in [6, 6.07) is 8.01.